The summed E-state index contributed by atoms with van der Waals surface area (Å²) in [5.41, 5.74) is 2.08. The van der Waals surface area contributed by atoms with Crippen LogP contribution in [0.3, 0.4) is 0 Å². The van der Waals surface area contributed by atoms with Gasteiger partial charge in [0, 0.05) is 18.7 Å². The van der Waals surface area contributed by atoms with E-state index in [9.17, 15) is 4.79 Å². The molecule has 1 aromatic heterocycles. The Kier molecular flexibility index (Phi) is 4.58. The normalized spacial score (nSPS) is 20.5. The largest absolute Gasteiger partial charge is 0.466 e. The van der Waals surface area contributed by atoms with Gasteiger partial charge in [0.15, 0.2) is 0 Å². The van der Waals surface area contributed by atoms with E-state index in [0.29, 0.717) is 6.61 Å². The average molecular weight is 266 g/mol. The molecule has 1 fully saturated rings. The minimum Gasteiger partial charge on any atom is -0.466 e. The van der Waals surface area contributed by atoms with Gasteiger partial charge in [-0.15, -0.1) is 0 Å². The first-order valence-electron chi connectivity index (χ1n) is 6.92. The van der Waals surface area contributed by atoms with Crippen LogP contribution in [0.2, 0.25) is 0 Å². The molecule has 0 aromatic carbocycles. The topological polar surface area (TPSA) is 55.6 Å². The molecular formula is C14H22N2O3. The van der Waals surface area contributed by atoms with E-state index < -0.39 is 0 Å². The molecule has 0 N–H and O–H groups in total. The molecule has 0 radical (unpaired) electrons. The summed E-state index contributed by atoms with van der Waals surface area (Å²) in [6.07, 6.45) is 1.96. The van der Waals surface area contributed by atoms with Crippen molar-refractivity contribution in [2.45, 2.75) is 40.2 Å². The van der Waals surface area contributed by atoms with Crippen LogP contribution >= 0.6 is 0 Å². The van der Waals surface area contributed by atoms with Crippen LogP contribution in [0.25, 0.3) is 0 Å². The summed E-state index contributed by atoms with van der Waals surface area (Å²) in [6.45, 7) is 8.78. The first kappa shape index (κ1) is 14.1. The number of nitrogens with zero attached hydrogens (tertiary/aromatic N) is 2. The third kappa shape index (κ3) is 3.35. The van der Waals surface area contributed by atoms with Crippen LogP contribution in [0.4, 0.5) is 0 Å². The van der Waals surface area contributed by atoms with Crippen LogP contribution in [-0.2, 0) is 16.1 Å². The monoisotopic (exact) mass is 266 g/mol. The van der Waals surface area contributed by atoms with Gasteiger partial charge in [0.2, 0.25) is 0 Å². The van der Waals surface area contributed by atoms with E-state index in [1.165, 1.54) is 0 Å². The standard InChI is InChI=1S/C14H22N2O3/c1-4-18-14(17)12-6-5-7-16(8-12)9-13-10(2)15-19-11(13)3/h12H,4-9H2,1-3H3/t12-/m1/s1. The lowest BCUT2D eigenvalue weighted by atomic mass is 9.97. The lowest BCUT2D eigenvalue weighted by Crippen LogP contribution is -2.39. The zero-order valence-corrected chi connectivity index (χ0v) is 11.9. The van der Waals surface area contributed by atoms with Crippen molar-refractivity contribution >= 4 is 5.97 Å². The first-order valence-corrected chi connectivity index (χ1v) is 6.92. The van der Waals surface area contributed by atoms with Gasteiger partial charge in [0.1, 0.15) is 5.76 Å². The molecule has 1 aliphatic rings. The molecule has 0 bridgehead atoms. The highest BCUT2D eigenvalue weighted by Gasteiger charge is 2.27. The third-order valence-electron chi connectivity index (χ3n) is 3.69. The van der Waals surface area contributed by atoms with E-state index in [2.05, 4.69) is 10.1 Å². The number of hydrogen-bond donors (Lipinski definition) is 0. The molecule has 1 saturated heterocycles. The van der Waals surface area contributed by atoms with Gasteiger partial charge >= 0.3 is 5.97 Å². The fourth-order valence-electron chi connectivity index (χ4n) is 2.60. The Morgan fingerprint density at radius 3 is 2.95 bits per heavy atom. The Morgan fingerprint density at radius 1 is 1.53 bits per heavy atom. The van der Waals surface area contributed by atoms with Crippen LogP contribution in [-0.4, -0.2) is 35.7 Å². The van der Waals surface area contributed by atoms with Gasteiger partial charge in [-0.05, 0) is 40.2 Å². The van der Waals surface area contributed by atoms with Gasteiger partial charge in [0.25, 0.3) is 0 Å². The van der Waals surface area contributed by atoms with E-state index in [1.807, 2.05) is 20.8 Å². The van der Waals surface area contributed by atoms with E-state index in [4.69, 9.17) is 9.26 Å². The molecule has 2 heterocycles. The Labute approximate surface area is 113 Å². The smallest absolute Gasteiger partial charge is 0.310 e. The Bertz CT molecular complexity index is 422. The van der Waals surface area contributed by atoms with Gasteiger partial charge in [0.05, 0.1) is 18.2 Å². The number of carbonyl (C=O) groups is 1. The van der Waals surface area contributed by atoms with Crippen molar-refractivity contribution in [3.63, 3.8) is 0 Å². The highest BCUT2D eigenvalue weighted by atomic mass is 16.5. The number of aryl methyl sites for hydroxylation is 2. The van der Waals surface area contributed by atoms with Crippen LogP contribution in [0.5, 0.6) is 0 Å². The molecule has 106 valence electrons. The third-order valence-corrected chi connectivity index (χ3v) is 3.69. The van der Waals surface area contributed by atoms with Gasteiger partial charge in [-0.1, -0.05) is 5.16 Å². The predicted molar refractivity (Wildman–Crippen MR) is 70.6 cm³/mol. The van der Waals surface area contributed by atoms with Crippen molar-refractivity contribution < 1.29 is 14.1 Å². The number of aromatic nitrogens is 1. The molecule has 2 rings (SSSR count). The number of likely N-dealkylation sites (tertiary alicyclic amines) is 1. The highest BCUT2D eigenvalue weighted by Crippen LogP contribution is 2.22. The molecule has 5 heteroatoms. The maximum Gasteiger partial charge on any atom is 0.310 e. The molecule has 1 aromatic rings. The van der Waals surface area contributed by atoms with Crippen LogP contribution in [0, 0.1) is 19.8 Å². The summed E-state index contributed by atoms with van der Waals surface area (Å²) in [4.78, 5) is 14.1. The molecule has 5 nitrogen and oxygen atoms in total. The molecule has 0 unspecified atom stereocenters. The maximum absolute atomic E-state index is 11.8. The van der Waals surface area contributed by atoms with Crippen molar-refractivity contribution in [1.82, 2.24) is 10.1 Å². The summed E-state index contributed by atoms with van der Waals surface area (Å²) in [5, 5.41) is 3.97. The molecule has 1 aliphatic heterocycles. The van der Waals surface area contributed by atoms with E-state index >= 15 is 0 Å². The van der Waals surface area contributed by atoms with Gasteiger partial charge in [-0.25, -0.2) is 0 Å². The molecule has 0 saturated carbocycles. The number of rotatable bonds is 4. The van der Waals surface area contributed by atoms with Gasteiger partial charge in [-0.2, -0.15) is 0 Å². The second-order valence-electron chi connectivity index (χ2n) is 5.13. The summed E-state index contributed by atoms with van der Waals surface area (Å²) in [7, 11) is 0. The van der Waals surface area contributed by atoms with Gasteiger partial charge < -0.3 is 9.26 Å². The Morgan fingerprint density at radius 2 is 2.32 bits per heavy atom. The van der Waals surface area contributed by atoms with Crippen molar-refractivity contribution in [2.75, 3.05) is 19.7 Å². The van der Waals surface area contributed by atoms with Crippen LogP contribution in [0.1, 0.15) is 36.8 Å². The molecule has 0 amide bonds. The fourth-order valence-corrected chi connectivity index (χ4v) is 2.60. The molecule has 19 heavy (non-hydrogen) atoms. The number of esters is 1. The Balaban J connectivity index is 1.96. The van der Waals surface area contributed by atoms with Crippen LogP contribution < -0.4 is 0 Å². The van der Waals surface area contributed by atoms with Gasteiger partial charge in [-0.3, -0.25) is 9.69 Å². The zero-order valence-electron chi connectivity index (χ0n) is 11.9. The lowest BCUT2D eigenvalue weighted by molar-refractivity contribution is -0.150. The number of carbonyl (C=O) groups excluding carboxylic acids is 1. The first-order chi connectivity index (χ1) is 9.11. The highest BCUT2D eigenvalue weighted by molar-refractivity contribution is 5.72. The number of ether oxygens (including phenoxy) is 1. The zero-order chi connectivity index (χ0) is 13.8. The van der Waals surface area contributed by atoms with Crippen LogP contribution in [0.15, 0.2) is 4.52 Å². The van der Waals surface area contributed by atoms with Crippen molar-refractivity contribution in [1.29, 1.82) is 0 Å². The van der Waals surface area contributed by atoms with Crippen molar-refractivity contribution in [3.05, 3.63) is 17.0 Å². The molecule has 1 atom stereocenters. The van der Waals surface area contributed by atoms with E-state index in [1.54, 1.807) is 0 Å². The summed E-state index contributed by atoms with van der Waals surface area (Å²) in [5.74, 6) is 0.816. The average Bonchev–Trinajstić information content (AvgIpc) is 2.71. The van der Waals surface area contributed by atoms with E-state index in [0.717, 1.165) is 49.5 Å². The lowest BCUT2D eigenvalue weighted by Gasteiger charge is -2.31. The maximum atomic E-state index is 11.8. The fraction of sp³-hybridized carbons (Fsp3) is 0.714. The van der Waals surface area contributed by atoms with Crippen molar-refractivity contribution in [2.24, 2.45) is 5.92 Å². The minimum absolute atomic E-state index is 0.00849. The number of hydrogen-bond acceptors (Lipinski definition) is 5. The summed E-state index contributed by atoms with van der Waals surface area (Å²) >= 11 is 0. The minimum atomic E-state index is -0.0639. The predicted octanol–water partition coefficient (Wildman–Crippen LogP) is 2.07. The molecule has 0 spiro atoms. The second kappa shape index (κ2) is 6.19. The molecule has 0 aliphatic carbocycles. The number of piperidine rings is 1. The van der Waals surface area contributed by atoms with Crippen molar-refractivity contribution in [3.8, 4) is 0 Å². The Hall–Kier alpha value is -1.36. The SMILES string of the molecule is CCOC(=O)[C@@H]1CCCN(Cc2c(C)noc2C)C1. The van der Waals surface area contributed by atoms with E-state index in [-0.39, 0.29) is 11.9 Å². The summed E-state index contributed by atoms with van der Waals surface area (Å²) < 4.78 is 10.3. The summed E-state index contributed by atoms with van der Waals surface area (Å²) in [6, 6.07) is 0. The second-order valence-corrected chi connectivity index (χ2v) is 5.13. The molecular weight excluding hydrogens is 244 g/mol. The quantitative estimate of drug-likeness (QED) is 0.781.